The maximum Gasteiger partial charge on any atom is 0.0350 e. The average Bonchev–Trinajstić information content (AvgIpc) is 1.87. The van der Waals surface area contributed by atoms with Crippen LogP contribution in [-0.2, 0) is 0 Å². The van der Waals surface area contributed by atoms with Crippen molar-refractivity contribution in [3.8, 4) is 0 Å². The van der Waals surface area contributed by atoms with Crippen molar-refractivity contribution in [1.29, 1.82) is 0 Å². The molecule has 0 bridgehead atoms. The normalized spacial score (nSPS) is 15.2. The molecule has 0 saturated carbocycles. The SMILES string of the molecule is C=CCC(I)/C(C)=C\C. The molecule has 9 heavy (non-hydrogen) atoms. The number of hydrogen-bond donors (Lipinski definition) is 0. The van der Waals surface area contributed by atoms with Crippen molar-refractivity contribution in [2.45, 2.75) is 24.2 Å². The summed E-state index contributed by atoms with van der Waals surface area (Å²) in [4.78, 5) is 0. The minimum absolute atomic E-state index is 0.644. The molecule has 0 heterocycles. The molecule has 0 nitrogen and oxygen atoms in total. The Hall–Kier alpha value is 0.210. The van der Waals surface area contributed by atoms with E-state index in [0.29, 0.717) is 3.92 Å². The summed E-state index contributed by atoms with van der Waals surface area (Å²) in [6.45, 7) is 7.91. The van der Waals surface area contributed by atoms with Crippen LogP contribution in [0.1, 0.15) is 20.3 Å². The summed E-state index contributed by atoms with van der Waals surface area (Å²) in [5.74, 6) is 0. The number of alkyl halides is 1. The second-order valence-electron chi connectivity index (χ2n) is 2.02. The van der Waals surface area contributed by atoms with Gasteiger partial charge in [0.1, 0.15) is 0 Å². The molecule has 0 amide bonds. The molecular weight excluding hydrogens is 223 g/mol. The van der Waals surface area contributed by atoms with Gasteiger partial charge in [0.25, 0.3) is 0 Å². The van der Waals surface area contributed by atoms with E-state index >= 15 is 0 Å². The van der Waals surface area contributed by atoms with Gasteiger partial charge >= 0.3 is 0 Å². The summed E-state index contributed by atoms with van der Waals surface area (Å²) in [7, 11) is 0. The summed E-state index contributed by atoms with van der Waals surface area (Å²) in [6, 6.07) is 0. The fourth-order valence-corrected chi connectivity index (χ4v) is 1.23. The summed E-state index contributed by atoms with van der Waals surface area (Å²) in [5, 5.41) is 0. The molecule has 0 fully saturated rings. The van der Waals surface area contributed by atoms with Crippen LogP contribution in [0.25, 0.3) is 0 Å². The minimum atomic E-state index is 0.644. The summed E-state index contributed by atoms with van der Waals surface area (Å²) in [5.41, 5.74) is 1.44. The van der Waals surface area contributed by atoms with Gasteiger partial charge in [-0.15, -0.1) is 6.58 Å². The van der Waals surface area contributed by atoms with Crippen molar-refractivity contribution in [2.24, 2.45) is 0 Å². The zero-order valence-electron chi connectivity index (χ0n) is 6.02. The monoisotopic (exact) mass is 236 g/mol. The van der Waals surface area contributed by atoms with E-state index in [2.05, 4.69) is 49.1 Å². The van der Waals surface area contributed by atoms with Crippen LogP contribution in [0, 0.1) is 0 Å². The minimum Gasteiger partial charge on any atom is -0.103 e. The Morgan fingerprint density at radius 3 is 2.67 bits per heavy atom. The van der Waals surface area contributed by atoms with Gasteiger partial charge in [0.15, 0.2) is 0 Å². The molecular formula is C8H13I. The van der Waals surface area contributed by atoms with E-state index in [1.165, 1.54) is 5.57 Å². The molecule has 1 atom stereocenters. The van der Waals surface area contributed by atoms with Crippen LogP contribution in [0.15, 0.2) is 24.3 Å². The standard InChI is InChI=1S/C8H13I/c1-4-6-8(9)7(3)5-2/h4-5,8H,1,6H2,2-3H3/b7-5-. The van der Waals surface area contributed by atoms with Gasteiger partial charge in [0.2, 0.25) is 0 Å². The van der Waals surface area contributed by atoms with Gasteiger partial charge in [-0.3, -0.25) is 0 Å². The van der Waals surface area contributed by atoms with Gasteiger partial charge in [0.05, 0.1) is 0 Å². The zero-order valence-corrected chi connectivity index (χ0v) is 8.18. The number of allylic oxidation sites excluding steroid dienone is 3. The first kappa shape index (κ1) is 9.21. The van der Waals surface area contributed by atoms with E-state index in [1.54, 1.807) is 0 Å². The van der Waals surface area contributed by atoms with E-state index in [-0.39, 0.29) is 0 Å². The molecule has 52 valence electrons. The first-order valence-electron chi connectivity index (χ1n) is 3.10. The molecule has 0 radical (unpaired) electrons. The van der Waals surface area contributed by atoms with Crippen LogP contribution >= 0.6 is 22.6 Å². The highest BCUT2D eigenvalue weighted by atomic mass is 127. The second-order valence-corrected chi connectivity index (χ2v) is 3.53. The van der Waals surface area contributed by atoms with Gasteiger partial charge in [-0.2, -0.15) is 0 Å². The van der Waals surface area contributed by atoms with Crippen molar-refractivity contribution in [3.05, 3.63) is 24.3 Å². The molecule has 1 unspecified atom stereocenters. The highest BCUT2D eigenvalue weighted by Gasteiger charge is 2.00. The Kier molecular flexibility index (Phi) is 5.15. The van der Waals surface area contributed by atoms with Crippen LogP contribution in [0.4, 0.5) is 0 Å². The first-order chi connectivity index (χ1) is 4.22. The summed E-state index contributed by atoms with van der Waals surface area (Å²) >= 11 is 2.43. The lowest BCUT2D eigenvalue weighted by atomic mass is 10.1. The Morgan fingerprint density at radius 2 is 2.33 bits per heavy atom. The highest BCUT2D eigenvalue weighted by Crippen LogP contribution is 2.15. The van der Waals surface area contributed by atoms with Gasteiger partial charge in [-0.05, 0) is 20.3 Å². The van der Waals surface area contributed by atoms with E-state index in [4.69, 9.17) is 0 Å². The lowest BCUT2D eigenvalue weighted by molar-refractivity contribution is 1.03. The van der Waals surface area contributed by atoms with Crippen molar-refractivity contribution < 1.29 is 0 Å². The van der Waals surface area contributed by atoms with Crippen LogP contribution < -0.4 is 0 Å². The average molecular weight is 236 g/mol. The fourth-order valence-electron chi connectivity index (χ4n) is 0.513. The van der Waals surface area contributed by atoms with Crippen LogP contribution in [-0.4, -0.2) is 3.92 Å². The van der Waals surface area contributed by atoms with Crippen LogP contribution in [0.3, 0.4) is 0 Å². The van der Waals surface area contributed by atoms with Crippen LogP contribution in [0.2, 0.25) is 0 Å². The quantitative estimate of drug-likeness (QED) is 0.400. The molecule has 0 aliphatic rings. The number of halogens is 1. The number of rotatable bonds is 3. The van der Waals surface area contributed by atoms with Gasteiger partial charge in [-0.25, -0.2) is 0 Å². The van der Waals surface area contributed by atoms with E-state index in [9.17, 15) is 0 Å². The van der Waals surface area contributed by atoms with Crippen LogP contribution in [0.5, 0.6) is 0 Å². The predicted molar refractivity (Wildman–Crippen MR) is 52.1 cm³/mol. The maximum atomic E-state index is 3.69. The third-order valence-corrected chi connectivity index (χ3v) is 2.81. The van der Waals surface area contributed by atoms with Crippen molar-refractivity contribution in [2.75, 3.05) is 0 Å². The maximum absolute atomic E-state index is 3.69. The third-order valence-electron chi connectivity index (χ3n) is 1.32. The molecule has 1 heteroatoms. The Labute approximate surface area is 71.2 Å². The molecule has 0 aliphatic carbocycles. The predicted octanol–water partition coefficient (Wildman–Crippen LogP) is 3.33. The van der Waals surface area contributed by atoms with Gasteiger partial charge in [0, 0.05) is 3.92 Å². The first-order valence-corrected chi connectivity index (χ1v) is 4.34. The topological polar surface area (TPSA) is 0 Å². The number of hydrogen-bond acceptors (Lipinski definition) is 0. The van der Waals surface area contributed by atoms with Crippen molar-refractivity contribution >= 4 is 22.6 Å². The highest BCUT2D eigenvalue weighted by molar-refractivity contribution is 14.1. The third kappa shape index (κ3) is 3.73. The molecule has 0 spiro atoms. The molecule has 0 aliphatic heterocycles. The lowest BCUT2D eigenvalue weighted by Crippen LogP contribution is -1.95. The summed E-state index contributed by atoms with van der Waals surface area (Å²) in [6.07, 6.45) is 5.20. The molecule has 0 rings (SSSR count). The van der Waals surface area contributed by atoms with E-state index < -0.39 is 0 Å². The second kappa shape index (κ2) is 5.03. The molecule has 0 aromatic carbocycles. The molecule has 0 saturated heterocycles. The fraction of sp³-hybridized carbons (Fsp3) is 0.500. The lowest BCUT2D eigenvalue weighted by Gasteiger charge is -2.04. The van der Waals surface area contributed by atoms with Crippen molar-refractivity contribution in [3.63, 3.8) is 0 Å². The largest absolute Gasteiger partial charge is 0.103 e. The van der Waals surface area contributed by atoms with E-state index in [0.717, 1.165) is 6.42 Å². The Bertz CT molecular complexity index is 114. The Morgan fingerprint density at radius 1 is 1.78 bits per heavy atom. The van der Waals surface area contributed by atoms with Gasteiger partial charge < -0.3 is 0 Å². The summed E-state index contributed by atoms with van der Waals surface area (Å²) < 4.78 is 0.644. The molecule has 0 aromatic rings. The van der Waals surface area contributed by atoms with Crippen molar-refractivity contribution in [1.82, 2.24) is 0 Å². The Balaban J connectivity index is 3.72. The molecule has 0 aromatic heterocycles. The van der Waals surface area contributed by atoms with E-state index in [1.807, 2.05) is 6.08 Å². The zero-order chi connectivity index (χ0) is 7.28. The molecule has 0 N–H and O–H groups in total. The van der Waals surface area contributed by atoms with Gasteiger partial charge in [-0.1, -0.05) is 40.3 Å². The smallest absolute Gasteiger partial charge is 0.0350 e.